The van der Waals surface area contributed by atoms with Gasteiger partial charge in [0.05, 0.1) is 6.04 Å². The molecule has 82 valence electrons. The molecule has 0 amide bonds. The number of nitrogens with one attached hydrogen (secondary N) is 1. The molecular weight excluding hydrogens is 221 g/mol. The molecule has 0 saturated heterocycles. The van der Waals surface area contributed by atoms with Gasteiger partial charge in [0, 0.05) is 6.07 Å². The molecule has 1 aliphatic rings. The van der Waals surface area contributed by atoms with Crippen LogP contribution >= 0.6 is 0 Å². The van der Waals surface area contributed by atoms with Crippen molar-refractivity contribution in [1.29, 1.82) is 0 Å². The van der Waals surface area contributed by atoms with Crippen LogP contribution in [0.2, 0.25) is 0 Å². The van der Waals surface area contributed by atoms with Gasteiger partial charge in [-0.15, -0.1) is 0 Å². The Labute approximate surface area is 87.1 Å². The molecule has 6 heteroatoms. The highest BCUT2D eigenvalue weighted by atomic mass is 32.2. The van der Waals surface area contributed by atoms with E-state index >= 15 is 0 Å². The molecule has 0 radical (unpaired) electrons. The standard InChI is InChI=1S/C9H10FNO3S/c1-6-5-14-8-4-7(10)2-3-9(8)15(12,13)11-6/h2-4,6,11H,5H2,1H3/t6-/m1/s1. The first-order valence-corrected chi connectivity index (χ1v) is 5.92. The lowest BCUT2D eigenvalue weighted by Gasteiger charge is -2.06. The van der Waals surface area contributed by atoms with Gasteiger partial charge < -0.3 is 4.74 Å². The lowest BCUT2D eigenvalue weighted by molar-refractivity contribution is 0.287. The van der Waals surface area contributed by atoms with Gasteiger partial charge in [0.2, 0.25) is 10.0 Å². The highest BCUT2D eigenvalue weighted by Gasteiger charge is 2.26. The van der Waals surface area contributed by atoms with Crippen molar-refractivity contribution in [3.63, 3.8) is 0 Å². The fraction of sp³-hybridized carbons (Fsp3) is 0.333. The van der Waals surface area contributed by atoms with Gasteiger partial charge in [-0.2, -0.15) is 0 Å². The van der Waals surface area contributed by atoms with Gasteiger partial charge in [-0.3, -0.25) is 0 Å². The number of hydrogen-bond donors (Lipinski definition) is 1. The summed E-state index contributed by atoms with van der Waals surface area (Å²) in [5.41, 5.74) is 0. The number of sulfonamides is 1. The average molecular weight is 231 g/mol. The van der Waals surface area contributed by atoms with Crippen molar-refractivity contribution in [2.45, 2.75) is 17.9 Å². The fourth-order valence-corrected chi connectivity index (χ4v) is 2.75. The van der Waals surface area contributed by atoms with Crippen molar-refractivity contribution in [2.75, 3.05) is 6.61 Å². The third-order valence-electron chi connectivity index (χ3n) is 2.04. The minimum Gasteiger partial charge on any atom is -0.490 e. The molecule has 1 aliphatic heterocycles. The van der Waals surface area contributed by atoms with Gasteiger partial charge in [-0.1, -0.05) is 0 Å². The van der Waals surface area contributed by atoms with Crippen LogP contribution in [0.5, 0.6) is 5.75 Å². The molecular formula is C9H10FNO3S. The molecule has 4 nitrogen and oxygen atoms in total. The maximum atomic E-state index is 12.9. The maximum Gasteiger partial charge on any atom is 0.244 e. The number of fused-ring (bicyclic) bond motifs is 1. The maximum absolute atomic E-state index is 12.9. The average Bonchev–Trinajstić information content (AvgIpc) is 2.23. The lowest BCUT2D eigenvalue weighted by Crippen LogP contribution is -2.33. The second kappa shape index (κ2) is 3.46. The zero-order chi connectivity index (χ0) is 11.1. The Bertz CT molecular complexity index is 486. The first-order chi connectivity index (χ1) is 6.99. The summed E-state index contributed by atoms with van der Waals surface area (Å²) in [7, 11) is -3.59. The predicted octanol–water partition coefficient (Wildman–Crippen LogP) is 0.885. The Kier molecular flexibility index (Phi) is 2.40. The quantitative estimate of drug-likeness (QED) is 0.721. The van der Waals surface area contributed by atoms with Crippen molar-refractivity contribution in [3.05, 3.63) is 24.0 Å². The monoisotopic (exact) mass is 231 g/mol. The largest absolute Gasteiger partial charge is 0.490 e. The van der Waals surface area contributed by atoms with Gasteiger partial charge >= 0.3 is 0 Å². The van der Waals surface area contributed by atoms with Crippen molar-refractivity contribution >= 4 is 10.0 Å². The van der Waals surface area contributed by atoms with Gasteiger partial charge in [0.1, 0.15) is 23.1 Å². The van der Waals surface area contributed by atoms with Gasteiger partial charge in [-0.05, 0) is 19.1 Å². The smallest absolute Gasteiger partial charge is 0.244 e. The molecule has 0 aromatic heterocycles. The summed E-state index contributed by atoms with van der Waals surface area (Å²) in [6.07, 6.45) is 0. The molecule has 15 heavy (non-hydrogen) atoms. The van der Waals surface area contributed by atoms with Crippen LogP contribution in [-0.4, -0.2) is 21.1 Å². The van der Waals surface area contributed by atoms with Crippen LogP contribution in [0.4, 0.5) is 4.39 Å². The third-order valence-corrected chi connectivity index (χ3v) is 3.67. The number of halogens is 1. The Morgan fingerprint density at radius 2 is 2.27 bits per heavy atom. The van der Waals surface area contributed by atoms with E-state index in [-0.39, 0.29) is 23.3 Å². The number of benzene rings is 1. The van der Waals surface area contributed by atoms with E-state index in [1.807, 2.05) is 0 Å². The summed E-state index contributed by atoms with van der Waals surface area (Å²) in [5, 5.41) is 0. The molecule has 0 saturated carbocycles. The zero-order valence-electron chi connectivity index (χ0n) is 8.03. The van der Waals surface area contributed by atoms with Crippen LogP contribution in [0.25, 0.3) is 0 Å². The van der Waals surface area contributed by atoms with Crippen LogP contribution in [0.3, 0.4) is 0 Å². The summed E-state index contributed by atoms with van der Waals surface area (Å²) in [6, 6.07) is 3.04. The van der Waals surface area contributed by atoms with E-state index in [4.69, 9.17) is 4.74 Å². The minimum atomic E-state index is -3.59. The molecule has 0 aliphatic carbocycles. The zero-order valence-corrected chi connectivity index (χ0v) is 8.84. The van der Waals surface area contributed by atoms with Crippen molar-refractivity contribution in [1.82, 2.24) is 4.72 Å². The second-order valence-electron chi connectivity index (χ2n) is 3.42. The Balaban J connectivity index is 2.58. The molecule has 1 N–H and O–H groups in total. The molecule has 1 heterocycles. The molecule has 0 unspecified atom stereocenters. The normalized spacial score (nSPS) is 23.7. The first kappa shape index (κ1) is 10.4. The second-order valence-corrected chi connectivity index (χ2v) is 5.11. The topological polar surface area (TPSA) is 55.4 Å². The molecule has 0 bridgehead atoms. The van der Waals surface area contributed by atoms with Crippen molar-refractivity contribution in [2.24, 2.45) is 0 Å². The summed E-state index contributed by atoms with van der Waals surface area (Å²) in [5.74, 6) is -0.453. The van der Waals surface area contributed by atoms with Crippen LogP contribution < -0.4 is 9.46 Å². The molecule has 1 aromatic carbocycles. The van der Waals surface area contributed by atoms with Crippen LogP contribution in [-0.2, 0) is 10.0 Å². The number of hydrogen-bond acceptors (Lipinski definition) is 3. The Morgan fingerprint density at radius 3 is 3.00 bits per heavy atom. The summed E-state index contributed by atoms with van der Waals surface area (Å²) >= 11 is 0. The van der Waals surface area contributed by atoms with Crippen LogP contribution in [0, 0.1) is 5.82 Å². The third kappa shape index (κ3) is 1.95. The summed E-state index contributed by atoms with van der Waals surface area (Å²) < 4.78 is 43.9. The first-order valence-electron chi connectivity index (χ1n) is 4.44. The number of ether oxygens (including phenoxy) is 1. The number of rotatable bonds is 0. The molecule has 0 spiro atoms. The highest BCUT2D eigenvalue weighted by molar-refractivity contribution is 7.89. The van der Waals surface area contributed by atoms with E-state index in [2.05, 4.69) is 4.72 Å². The fourth-order valence-electron chi connectivity index (χ4n) is 1.39. The summed E-state index contributed by atoms with van der Waals surface area (Å²) in [4.78, 5) is -0.0201. The van der Waals surface area contributed by atoms with Crippen molar-refractivity contribution in [3.8, 4) is 5.75 Å². The van der Waals surface area contributed by atoms with E-state index in [1.165, 1.54) is 6.07 Å². The lowest BCUT2D eigenvalue weighted by atomic mass is 10.3. The van der Waals surface area contributed by atoms with Crippen molar-refractivity contribution < 1.29 is 17.5 Å². The molecule has 2 rings (SSSR count). The van der Waals surface area contributed by atoms with Gasteiger partial charge in [0.15, 0.2) is 0 Å². The minimum absolute atomic E-state index is 0.0201. The Hall–Kier alpha value is -1.14. The molecule has 1 aromatic rings. The summed E-state index contributed by atoms with van der Waals surface area (Å²) in [6.45, 7) is 1.87. The highest BCUT2D eigenvalue weighted by Crippen LogP contribution is 2.26. The van der Waals surface area contributed by atoms with E-state index in [9.17, 15) is 12.8 Å². The van der Waals surface area contributed by atoms with E-state index in [1.54, 1.807) is 6.92 Å². The Morgan fingerprint density at radius 1 is 1.53 bits per heavy atom. The SMILES string of the molecule is C[C@@H]1COc2cc(F)ccc2S(=O)(=O)N1. The van der Waals surface area contributed by atoms with E-state index in [0.29, 0.717) is 0 Å². The van der Waals surface area contributed by atoms with E-state index in [0.717, 1.165) is 12.1 Å². The van der Waals surface area contributed by atoms with Crippen LogP contribution in [0.1, 0.15) is 6.92 Å². The van der Waals surface area contributed by atoms with Gasteiger partial charge in [-0.25, -0.2) is 17.5 Å². The van der Waals surface area contributed by atoms with E-state index < -0.39 is 15.8 Å². The molecule has 1 atom stereocenters. The van der Waals surface area contributed by atoms with Crippen LogP contribution in [0.15, 0.2) is 23.1 Å². The van der Waals surface area contributed by atoms with Gasteiger partial charge in [0.25, 0.3) is 0 Å². The predicted molar refractivity (Wildman–Crippen MR) is 51.7 cm³/mol. The molecule has 0 fully saturated rings.